The van der Waals surface area contributed by atoms with Gasteiger partial charge in [0.15, 0.2) is 46.0 Å². The summed E-state index contributed by atoms with van der Waals surface area (Å²) in [5, 5.41) is 0. The quantitative estimate of drug-likeness (QED) is 0.0281. The first-order valence-corrected chi connectivity index (χ1v) is 24.1. The van der Waals surface area contributed by atoms with Crippen LogP contribution in [0.1, 0.15) is 58.3 Å². The van der Waals surface area contributed by atoms with E-state index in [-0.39, 0.29) is 25.3 Å². The Morgan fingerprint density at radius 1 is 0.466 bits per heavy atom. The van der Waals surface area contributed by atoms with Crippen LogP contribution < -0.4 is 56.8 Å². The first-order chi connectivity index (χ1) is 35.2. The lowest BCUT2D eigenvalue weighted by Gasteiger charge is -2.46. The molecule has 0 aliphatic carbocycles. The first-order valence-electron chi connectivity index (χ1n) is 24.1. The molecule has 0 fully saturated rings. The highest BCUT2D eigenvalue weighted by atomic mass is 16.6. The van der Waals surface area contributed by atoms with Gasteiger partial charge in [0.1, 0.15) is 12.1 Å². The number of ether oxygens (including phenoxy) is 14. The van der Waals surface area contributed by atoms with E-state index in [0.29, 0.717) is 110 Å². The molecule has 73 heavy (non-hydrogen) atoms. The monoisotopic (exact) mass is 1020 g/mol. The maximum atomic E-state index is 13.0. The molecule has 2 aliphatic heterocycles. The van der Waals surface area contributed by atoms with E-state index < -0.39 is 11.9 Å². The molecule has 0 saturated heterocycles. The van der Waals surface area contributed by atoms with Gasteiger partial charge in [0.05, 0.1) is 150 Å². The molecule has 0 aromatic heterocycles. The number of carbonyl (C=O) groups excluding carboxylic acids is 2. The van der Waals surface area contributed by atoms with Crippen molar-refractivity contribution in [1.82, 2.24) is 0 Å². The van der Waals surface area contributed by atoms with Gasteiger partial charge in [-0.05, 0) is 53.1 Å². The zero-order valence-corrected chi connectivity index (χ0v) is 45.0. The Morgan fingerprint density at radius 3 is 1.26 bits per heavy atom. The van der Waals surface area contributed by atoms with Gasteiger partial charge in [-0.15, -0.1) is 0 Å². The zero-order chi connectivity index (χ0) is 53.0. The van der Waals surface area contributed by atoms with Crippen LogP contribution in [0.15, 0.2) is 48.6 Å². The van der Waals surface area contributed by atoms with E-state index >= 15 is 0 Å². The summed E-state index contributed by atoms with van der Waals surface area (Å²) in [6.07, 6.45) is 5.32. The third kappa shape index (κ3) is 11.5. The number of nitrogens with zero attached hydrogens (tertiary/aromatic N) is 2. The van der Waals surface area contributed by atoms with Crippen molar-refractivity contribution in [2.75, 3.05) is 139 Å². The third-order valence-electron chi connectivity index (χ3n) is 14.3. The maximum Gasteiger partial charge on any atom is 0.331 e. The van der Waals surface area contributed by atoms with E-state index in [1.54, 1.807) is 85.3 Å². The third-order valence-corrected chi connectivity index (χ3v) is 14.3. The molecule has 2 aliphatic rings. The predicted octanol–water partition coefficient (Wildman–Crippen LogP) is 7.29. The molecule has 4 atom stereocenters. The minimum atomic E-state index is -0.649. The second-order valence-corrected chi connectivity index (χ2v) is 18.3. The molecule has 4 unspecified atom stereocenters. The van der Waals surface area contributed by atoms with Gasteiger partial charge < -0.3 is 75.3 Å². The van der Waals surface area contributed by atoms with Crippen LogP contribution in [0.2, 0.25) is 0 Å². The van der Waals surface area contributed by atoms with Gasteiger partial charge in [0.25, 0.3) is 0 Å². The number of likely N-dealkylation sites (N-methyl/N-ethyl adjacent to an activating group) is 2. The minimum Gasteiger partial charge on any atom is -0.493 e. The van der Waals surface area contributed by atoms with Crippen molar-refractivity contribution in [1.29, 1.82) is 0 Å². The minimum absolute atomic E-state index is 0.115. The van der Waals surface area contributed by atoms with Crippen molar-refractivity contribution in [3.05, 3.63) is 81.9 Å². The lowest BCUT2D eigenvalue weighted by Crippen LogP contribution is -2.52. The summed E-state index contributed by atoms with van der Waals surface area (Å²) in [5.74, 6) is 5.17. The van der Waals surface area contributed by atoms with Crippen LogP contribution in [0.3, 0.4) is 0 Å². The molecular weight excluding hydrogens is 945 g/mol. The molecule has 6 rings (SSSR count). The number of hydrogen-bond donors (Lipinski definition) is 0. The largest absolute Gasteiger partial charge is 0.493 e. The molecule has 0 radical (unpaired) electrons. The highest BCUT2D eigenvalue weighted by Crippen LogP contribution is 2.54. The molecule has 18 heteroatoms. The summed E-state index contributed by atoms with van der Waals surface area (Å²) in [6, 6.07) is 11.4. The predicted molar refractivity (Wildman–Crippen MR) is 272 cm³/mol. The van der Waals surface area contributed by atoms with E-state index in [0.717, 1.165) is 71.5 Å². The van der Waals surface area contributed by atoms with E-state index in [9.17, 15) is 9.59 Å². The maximum absolute atomic E-state index is 13.0. The molecule has 0 amide bonds. The molecule has 398 valence electrons. The first kappa shape index (κ1) is 55.4. The SMILES string of the molecule is COc1cc(CC2c3c(cc(OC)c(OC)c3OC)CC[N+]2(C)CCCOC(=O)/C=C/C(=O)OCCC[N+]2(C)CCc3cc(OC)c(OC)c(OC)c3C2c2cc(OC)c(OC)c(OC)c2)cc(OC)c1OC. The Morgan fingerprint density at radius 2 is 0.836 bits per heavy atom. The summed E-state index contributed by atoms with van der Waals surface area (Å²) >= 11 is 0. The summed E-state index contributed by atoms with van der Waals surface area (Å²) in [4.78, 5) is 26.0. The number of fused-ring (bicyclic) bond motifs is 2. The van der Waals surface area contributed by atoms with E-state index in [1.807, 2.05) is 36.4 Å². The van der Waals surface area contributed by atoms with Crippen molar-refractivity contribution in [2.45, 2.75) is 44.2 Å². The highest BCUT2D eigenvalue weighted by molar-refractivity contribution is 5.91. The summed E-state index contributed by atoms with van der Waals surface area (Å²) in [5.41, 5.74) is 5.97. The molecule has 18 nitrogen and oxygen atoms in total. The number of hydrogen-bond acceptors (Lipinski definition) is 16. The number of quaternary nitrogens is 2. The number of esters is 2. The Labute approximate surface area is 429 Å². The van der Waals surface area contributed by atoms with Crippen LogP contribution in [0, 0.1) is 0 Å². The van der Waals surface area contributed by atoms with Crippen LogP contribution in [-0.2, 0) is 38.3 Å². The van der Waals surface area contributed by atoms with Gasteiger partial charge in [0.2, 0.25) is 23.0 Å². The van der Waals surface area contributed by atoms with Crippen molar-refractivity contribution in [2.24, 2.45) is 0 Å². The van der Waals surface area contributed by atoms with Gasteiger partial charge in [-0.2, -0.15) is 0 Å². The smallest absolute Gasteiger partial charge is 0.331 e. The van der Waals surface area contributed by atoms with Gasteiger partial charge in [-0.1, -0.05) is 0 Å². The van der Waals surface area contributed by atoms with Crippen LogP contribution in [0.4, 0.5) is 0 Å². The molecule has 0 N–H and O–H groups in total. The molecule has 2 heterocycles. The zero-order valence-electron chi connectivity index (χ0n) is 45.0. The number of rotatable bonds is 25. The summed E-state index contributed by atoms with van der Waals surface area (Å²) < 4.78 is 82.0. The topological polar surface area (TPSA) is 163 Å². The lowest BCUT2D eigenvalue weighted by molar-refractivity contribution is -0.941. The van der Waals surface area contributed by atoms with Crippen LogP contribution in [-0.4, -0.2) is 160 Å². The second kappa shape index (κ2) is 24.7. The number of carbonyl (C=O) groups is 2. The number of methoxy groups -OCH3 is 12. The van der Waals surface area contributed by atoms with Crippen molar-refractivity contribution in [3.63, 3.8) is 0 Å². The van der Waals surface area contributed by atoms with Crippen molar-refractivity contribution < 1.29 is 84.9 Å². The molecule has 0 saturated carbocycles. The molecule has 0 spiro atoms. The Bertz CT molecular complexity index is 2570. The van der Waals surface area contributed by atoms with Crippen LogP contribution >= 0.6 is 0 Å². The lowest BCUT2D eigenvalue weighted by atomic mass is 9.84. The molecule has 4 aromatic carbocycles. The fourth-order valence-corrected chi connectivity index (χ4v) is 10.7. The summed E-state index contributed by atoms with van der Waals surface area (Å²) in [6.45, 7) is 3.04. The fourth-order valence-electron chi connectivity index (χ4n) is 10.7. The standard InChI is InChI=1S/C55H74N2O16/c1-56(23-19-35-30-43(64-7)52(68-11)54(70-13)47(35)38(56)27-34-28-39(60-3)50(66-9)40(29-34)61-4)21-15-25-72-45(58)17-18-46(59)73-26-16-22-57(2)24-20-36-31-44(65-8)53(69-12)55(71-14)48(36)49(57)37-32-41(62-5)51(67-10)42(33-37)63-6/h17-18,28-33,38,49H,15-16,19-27H2,1-14H3/q+2/b18-17+. The van der Waals surface area contributed by atoms with Crippen LogP contribution in [0.25, 0.3) is 0 Å². The molecule has 4 aromatic rings. The summed E-state index contributed by atoms with van der Waals surface area (Å²) in [7, 11) is 23.5. The normalized spacial score (nSPS) is 18.9. The highest BCUT2D eigenvalue weighted by Gasteiger charge is 2.46. The average molecular weight is 1020 g/mol. The van der Waals surface area contributed by atoms with Gasteiger partial charge >= 0.3 is 11.9 Å². The van der Waals surface area contributed by atoms with E-state index in [4.69, 9.17) is 66.3 Å². The Kier molecular flexibility index (Phi) is 18.7. The average Bonchev–Trinajstić information content (AvgIpc) is 3.41. The van der Waals surface area contributed by atoms with E-state index in [1.165, 1.54) is 0 Å². The van der Waals surface area contributed by atoms with Gasteiger partial charge in [-0.3, -0.25) is 0 Å². The van der Waals surface area contributed by atoms with Gasteiger partial charge in [-0.25, -0.2) is 9.59 Å². The second-order valence-electron chi connectivity index (χ2n) is 18.3. The molecular formula is C55H74N2O16+2. The molecule has 0 bridgehead atoms. The van der Waals surface area contributed by atoms with Crippen molar-refractivity contribution >= 4 is 11.9 Å². The Balaban J connectivity index is 1.12. The van der Waals surface area contributed by atoms with Gasteiger partial charge in [0, 0.05) is 49.8 Å². The van der Waals surface area contributed by atoms with E-state index in [2.05, 4.69) is 14.1 Å². The van der Waals surface area contributed by atoms with Crippen LogP contribution in [0.5, 0.6) is 69.0 Å². The Hall–Kier alpha value is -6.92. The number of benzene rings is 4. The fraction of sp³-hybridized carbons (Fsp3) is 0.491. The van der Waals surface area contributed by atoms with Crippen molar-refractivity contribution in [3.8, 4) is 69.0 Å².